The summed E-state index contributed by atoms with van der Waals surface area (Å²) >= 11 is 0. The van der Waals surface area contributed by atoms with Crippen LogP contribution in [0, 0.1) is 13.5 Å². The van der Waals surface area contributed by atoms with Gasteiger partial charge in [-0.25, -0.2) is 15.0 Å². The van der Waals surface area contributed by atoms with Crippen LogP contribution in [0.2, 0.25) is 0 Å². The van der Waals surface area contributed by atoms with Crippen molar-refractivity contribution >= 4 is 9.84 Å². The highest BCUT2D eigenvalue weighted by Crippen LogP contribution is 2.23. The number of aryl methyl sites for hydroxylation is 1. The van der Waals surface area contributed by atoms with Gasteiger partial charge in [0.2, 0.25) is 0 Å². The van der Waals surface area contributed by atoms with Crippen molar-refractivity contribution in [3.05, 3.63) is 41.2 Å². The molecule has 1 aromatic carbocycles. The number of aliphatic hydroxyl groups is 1. The van der Waals surface area contributed by atoms with E-state index >= 15 is 0 Å². The fraction of sp³-hybridized carbons (Fsp3) is 0.708. The van der Waals surface area contributed by atoms with E-state index in [0.29, 0.717) is 6.42 Å². The summed E-state index contributed by atoms with van der Waals surface area (Å²) in [6.45, 7) is 11.4. The van der Waals surface area contributed by atoms with Crippen LogP contribution in [0.25, 0.3) is 4.85 Å². The highest BCUT2D eigenvalue weighted by Gasteiger charge is 2.34. The Morgan fingerprint density at radius 3 is 1.86 bits per heavy atom. The molecule has 0 aliphatic carbocycles. The minimum absolute atomic E-state index is 0.0164. The Hall–Kier alpha value is -1.38. The second-order valence-corrected chi connectivity index (χ2v) is 10.3. The van der Waals surface area contributed by atoms with Crippen LogP contribution in [0.3, 0.4) is 0 Å². The lowest BCUT2D eigenvalue weighted by atomic mass is 10.0. The Labute approximate surface area is 178 Å². The van der Waals surface area contributed by atoms with Crippen LogP contribution < -0.4 is 0 Å². The highest BCUT2D eigenvalue weighted by molar-refractivity contribution is 7.92. The summed E-state index contributed by atoms with van der Waals surface area (Å²) in [4.78, 5) is 3.46. The van der Waals surface area contributed by atoms with E-state index in [2.05, 4.69) is 11.8 Å². The number of rotatable bonds is 16. The predicted molar refractivity (Wildman–Crippen MR) is 120 cm³/mol. The van der Waals surface area contributed by atoms with Gasteiger partial charge >= 0.3 is 5.37 Å². The Balaban J connectivity index is 2.23. The van der Waals surface area contributed by atoms with E-state index in [4.69, 9.17) is 6.57 Å². The number of hydrogen-bond acceptors (Lipinski definition) is 3. The van der Waals surface area contributed by atoms with Gasteiger partial charge in [-0.3, -0.25) is 4.85 Å². The van der Waals surface area contributed by atoms with Crippen LogP contribution in [-0.4, -0.2) is 25.0 Å². The summed E-state index contributed by atoms with van der Waals surface area (Å²) in [6.07, 6.45) is 13.4. The first-order valence-electron chi connectivity index (χ1n) is 11.3. The molecule has 0 fully saturated rings. The molecule has 164 valence electrons. The maximum absolute atomic E-state index is 12.6. The maximum atomic E-state index is 12.6. The van der Waals surface area contributed by atoms with Gasteiger partial charge in [-0.15, -0.1) is 0 Å². The molecule has 0 aliphatic heterocycles. The Morgan fingerprint density at radius 2 is 1.38 bits per heavy atom. The standard InChI is InChI=1S/C24H39NO3S/c1-4-5-6-7-8-9-10-11-12-13-14-15-22(26)20-24(25-3)29(27,28)23-18-16-21(2)17-19-23/h16-19,22,24,26H,4-15,20H2,1-2H3/t22-,24?/m1/s1. The molecule has 0 amide bonds. The molecule has 0 heterocycles. The number of aliphatic hydroxyl groups excluding tert-OH is 1. The van der Waals surface area contributed by atoms with Crippen molar-refractivity contribution in [3.8, 4) is 0 Å². The monoisotopic (exact) mass is 421 g/mol. The molecule has 29 heavy (non-hydrogen) atoms. The molecule has 0 saturated carbocycles. The van der Waals surface area contributed by atoms with Crippen LogP contribution in [-0.2, 0) is 9.84 Å². The van der Waals surface area contributed by atoms with E-state index in [0.717, 1.165) is 24.8 Å². The normalized spacial score (nSPS) is 13.7. The molecule has 0 aromatic heterocycles. The second-order valence-electron chi connectivity index (χ2n) is 8.16. The molecule has 1 unspecified atom stereocenters. The fourth-order valence-electron chi connectivity index (χ4n) is 3.53. The number of benzene rings is 1. The summed E-state index contributed by atoms with van der Waals surface area (Å²) in [7, 11) is -3.73. The second kappa shape index (κ2) is 14.6. The van der Waals surface area contributed by atoms with Gasteiger partial charge in [-0.2, -0.15) is 0 Å². The Morgan fingerprint density at radius 1 is 0.897 bits per heavy atom. The van der Waals surface area contributed by atoms with Crippen molar-refractivity contribution in [2.75, 3.05) is 0 Å². The molecule has 4 nitrogen and oxygen atoms in total. The van der Waals surface area contributed by atoms with E-state index in [1.54, 1.807) is 24.3 Å². The van der Waals surface area contributed by atoms with Gasteiger partial charge in [-0.05, 0) is 25.5 Å². The van der Waals surface area contributed by atoms with Crippen LogP contribution >= 0.6 is 0 Å². The van der Waals surface area contributed by atoms with Gasteiger partial charge in [0.25, 0.3) is 9.84 Å². The third kappa shape index (κ3) is 10.3. The van der Waals surface area contributed by atoms with Gasteiger partial charge in [0, 0.05) is 0 Å². The van der Waals surface area contributed by atoms with E-state index in [1.165, 1.54) is 51.4 Å². The van der Waals surface area contributed by atoms with Crippen molar-refractivity contribution in [1.29, 1.82) is 0 Å². The SMILES string of the molecule is [C-]#[N+]C(C[C@H](O)CCCCCCCCCCCCC)S(=O)(=O)c1ccc(C)cc1. The van der Waals surface area contributed by atoms with Gasteiger partial charge < -0.3 is 5.11 Å². The van der Waals surface area contributed by atoms with E-state index < -0.39 is 21.3 Å². The lowest BCUT2D eigenvalue weighted by molar-refractivity contribution is 0.152. The van der Waals surface area contributed by atoms with Crippen molar-refractivity contribution in [3.63, 3.8) is 0 Å². The van der Waals surface area contributed by atoms with Crippen molar-refractivity contribution in [1.82, 2.24) is 0 Å². The zero-order valence-corrected chi connectivity index (χ0v) is 19.1. The molecule has 1 rings (SSSR count). The molecule has 0 spiro atoms. The van der Waals surface area contributed by atoms with Gasteiger partial charge in [0.05, 0.1) is 17.4 Å². The summed E-state index contributed by atoms with van der Waals surface area (Å²) in [5.74, 6) is 0. The molecule has 2 atom stereocenters. The van der Waals surface area contributed by atoms with Crippen molar-refractivity contribution in [2.24, 2.45) is 0 Å². The smallest absolute Gasteiger partial charge is 0.327 e. The zero-order valence-electron chi connectivity index (χ0n) is 18.3. The number of sulfone groups is 1. The third-order valence-corrected chi connectivity index (χ3v) is 7.41. The molecule has 1 aromatic rings. The van der Waals surface area contributed by atoms with E-state index in [-0.39, 0.29) is 11.3 Å². The first-order chi connectivity index (χ1) is 13.9. The van der Waals surface area contributed by atoms with Crippen LogP contribution in [0.15, 0.2) is 29.2 Å². The summed E-state index contributed by atoms with van der Waals surface area (Å²) in [5, 5.41) is 9.03. The van der Waals surface area contributed by atoms with Crippen LogP contribution in [0.5, 0.6) is 0 Å². The van der Waals surface area contributed by atoms with E-state index in [1.807, 2.05) is 6.92 Å². The largest absolute Gasteiger partial charge is 0.393 e. The summed E-state index contributed by atoms with van der Waals surface area (Å²) in [6, 6.07) is 6.54. The third-order valence-electron chi connectivity index (χ3n) is 5.47. The topological polar surface area (TPSA) is 58.7 Å². The van der Waals surface area contributed by atoms with E-state index in [9.17, 15) is 13.5 Å². The molecule has 5 heteroatoms. The molecule has 0 bridgehead atoms. The lowest BCUT2D eigenvalue weighted by Gasteiger charge is -2.13. The Kier molecular flexibility index (Phi) is 12.9. The minimum atomic E-state index is -3.73. The zero-order chi connectivity index (χ0) is 21.5. The fourth-order valence-corrected chi connectivity index (χ4v) is 4.97. The van der Waals surface area contributed by atoms with Gasteiger partial charge in [0.1, 0.15) is 0 Å². The van der Waals surface area contributed by atoms with Gasteiger partial charge in [0.15, 0.2) is 0 Å². The molecule has 1 N–H and O–H groups in total. The number of nitrogens with zero attached hydrogens (tertiary/aromatic N) is 1. The van der Waals surface area contributed by atoms with Crippen LogP contribution in [0.1, 0.15) is 96.0 Å². The highest BCUT2D eigenvalue weighted by atomic mass is 32.2. The minimum Gasteiger partial charge on any atom is -0.393 e. The summed E-state index contributed by atoms with van der Waals surface area (Å²) in [5.41, 5.74) is 0.972. The number of unbranched alkanes of at least 4 members (excludes halogenated alkanes) is 10. The number of hydrogen-bond donors (Lipinski definition) is 1. The predicted octanol–water partition coefficient (Wildman–Crippen LogP) is 6.47. The summed E-state index contributed by atoms with van der Waals surface area (Å²) < 4.78 is 25.3. The van der Waals surface area contributed by atoms with Crippen molar-refractivity contribution < 1.29 is 13.5 Å². The first-order valence-corrected chi connectivity index (χ1v) is 12.8. The molecule has 0 saturated heterocycles. The molecule has 0 aliphatic rings. The van der Waals surface area contributed by atoms with Crippen molar-refractivity contribution in [2.45, 2.75) is 114 Å². The average molecular weight is 422 g/mol. The first kappa shape index (κ1) is 25.7. The maximum Gasteiger partial charge on any atom is 0.327 e. The quantitative estimate of drug-likeness (QED) is 0.246. The van der Waals surface area contributed by atoms with Crippen LogP contribution in [0.4, 0.5) is 0 Å². The molecular formula is C24H39NO3S. The average Bonchev–Trinajstić information content (AvgIpc) is 2.70. The van der Waals surface area contributed by atoms with Gasteiger partial charge in [-0.1, -0.05) is 95.2 Å². The molecular weight excluding hydrogens is 382 g/mol. The molecule has 0 radical (unpaired) electrons. The lowest BCUT2D eigenvalue weighted by Crippen LogP contribution is -2.24. The Bertz CT molecular complexity index is 692.